The number of carbonyl (C=O) groups excluding carboxylic acids is 1. The van der Waals surface area contributed by atoms with E-state index in [9.17, 15) is 28.1 Å². The van der Waals surface area contributed by atoms with Gasteiger partial charge in [0.15, 0.2) is 5.69 Å². The SMILES string of the molecule is CN(OC(=O)C(C)(Cl)Cl)c1cc(Oc2ccc(C(F)(F)F)cc2Cl)ccc1[N+](=O)[O-]. The van der Waals surface area contributed by atoms with Crippen LogP contribution in [-0.4, -0.2) is 22.3 Å². The molecule has 0 saturated heterocycles. The van der Waals surface area contributed by atoms with Gasteiger partial charge in [-0.05, 0) is 31.2 Å². The number of halogens is 6. The van der Waals surface area contributed by atoms with Crippen LogP contribution in [0.5, 0.6) is 11.5 Å². The van der Waals surface area contributed by atoms with Gasteiger partial charge in [0.1, 0.15) is 11.5 Å². The third kappa shape index (κ3) is 5.80. The third-order valence-corrected chi connectivity index (χ3v) is 4.15. The van der Waals surface area contributed by atoms with Crippen molar-refractivity contribution in [1.82, 2.24) is 0 Å². The fourth-order valence-corrected chi connectivity index (χ4v) is 2.40. The number of rotatable bonds is 6. The molecule has 0 N–H and O–H groups in total. The van der Waals surface area contributed by atoms with Crippen molar-refractivity contribution in [1.29, 1.82) is 0 Å². The molecule has 0 radical (unpaired) electrons. The minimum atomic E-state index is -4.59. The number of ether oxygens (including phenoxy) is 1. The first kappa shape index (κ1) is 23.8. The van der Waals surface area contributed by atoms with E-state index in [0.717, 1.165) is 36.3 Å². The van der Waals surface area contributed by atoms with Gasteiger partial charge in [0.2, 0.25) is 4.33 Å². The highest BCUT2D eigenvalue weighted by Crippen LogP contribution is 2.39. The molecule has 0 spiro atoms. The fourth-order valence-electron chi connectivity index (χ4n) is 2.11. The van der Waals surface area contributed by atoms with Crippen LogP contribution in [0.25, 0.3) is 0 Å². The second kappa shape index (κ2) is 8.75. The summed E-state index contributed by atoms with van der Waals surface area (Å²) in [5.74, 6) is -1.25. The van der Waals surface area contributed by atoms with Gasteiger partial charge in [-0.25, -0.2) is 9.86 Å². The zero-order valence-corrected chi connectivity index (χ0v) is 17.4. The Morgan fingerprint density at radius 3 is 2.30 bits per heavy atom. The maximum absolute atomic E-state index is 12.7. The lowest BCUT2D eigenvalue weighted by atomic mass is 10.2. The van der Waals surface area contributed by atoms with Gasteiger partial charge in [-0.3, -0.25) is 10.1 Å². The van der Waals surface area contributed by atoms with Crippen molar-refractivity contribution >= 4 is 52.1 Å². The molecule has 0 amide bonds. The highest BCUT2D eigenvalue weighted by molar-refractivity contribution is 6.57. The number of carbonyl (C=O) groups is 1. The third-order valence-electron chi connectivity index (χ3n) is 3.55. The Bertz CT molecular complexity index is 980. The molecule has 162 valence electrons. The number of hydroxylamine groups is 1. The lowest BCUT2D eigenvalue weighted by Gasteiger charge is -2.21. The van der Waals surface area contributed by atoms with Crippen LogP contribution in [0.3, 0.4) is 0 Å². The van der Waals surface area contributed by atoms with Crippen LogP contribution in [0.1, 0.15) is 12.5 Å². The van der Waals surface area contributed by atoms with E-state index in [0.29, 0.717) is 6.07 Å². The van der Waals surface area contributed by atoms with E-state index in [1.165, 1.54) is 13.1 Å². The minimum absolute atomic E-state index is 0.0281. The second-order valence-electron chi connectivity index (χ2n) is 5.92. The molecule has 2 rings (SSSR count). The molecule has 7 nitrogen and oxygen atoms in total. The molecule has 2 aromatic rings. The van der Waals surface area contributed by atoms with E-state index >= 15 is 0 Å². The average Bonchev–Trinajstić information content (AvgIpc) is 2.61. The summed E-state index contributed by atoms with van der Waals surface area (Å²) in [5, 5.41) is 11.7. The number of alkyl halides is 5. The van der Waals surface area contributed by atoms with Gasteiger partial charge in [0, 0.05) is 19.2 Å². The highest BCUT2D eigenvalue weighted by atomic mass is 35.5. The molecule has 0 atom stereocenters. The van der Waals surface area contributed by atoms with Gasteiger partial charge < -0.3 is 9.57 Å². The van der Waals surface area contributed by atoms with Crippen LogP contribution in [0.2, 0.25) is 5.02 Å². The predicted octanol–water partition coefficient (Wildman–Crippen LogP) is 6.15. The summed E-state index contributed by atoms with van der Waals surface area (Å²) in [7, 11) is 1.19. The summed E-state index contributed by atoms with van der Waals surface area (Å²) in [6.07, 6.45) is -4.59. The van der Waals surface area contributed by atoms with Gasteiger partial charge in [-0.2, -0.15) is 13.2 Å². The Balaban J connectivity index is 2.36. The van der Waals surface area contributed by atoms with Crippen molar-refractivity contribution in [3.8, 4) is 11.5 Å². The summed E-state index contributed by atoms with van der Waals surface area (Å²) >= 11 is 17.1. The number of nitro groups is 1. The summed E-state index contributed by atoms with van der Waals surface area (Å²) in [5.41, 5.74) is -1.64. The number of nitrogens with zero attached hydrogens (tertiary/aromatic N) is 2. The van der Waals surface area contributed by atoms with E-state index in [4.69, 9.17) is 44.4 Å². The quantitative estimate of drug-likeness (QED) is 0.276. The number of hydrogen-bond donors (Lipinski definition) is 0. The van der Waals surface area contributed by atoms with E-state index in [1.54, 1.807) is 0 Å². The summed E-state index contributed by atoms with van der Waals surface area (Å²) in [6.45, 7) is 1.15. The summed E-state index contributed by atoms with van der Waals surface area (Å²) in [6, 6.07) is 5.82. The smallest absolute Gasteiger partial charge is 0.416 e. The molecule has 0 aliphatic rings. The number of nitro benzene ring substituents is 1. The number of benzene rings is 2. The molecule has 0 heterocycles. The molecule has 0 unspecified atom stereocenters. The van der Waals surface area contributed by atoms with Crippen LogP contribution < -0.4 is 9.80 Å². The van der Waals surface area contributed by atoms with Crippen LogP contribution in [0.15, 0.2) is 36.4 Å². The molecule has 2 aromatic carbocycles. The average molecular weight is 488 g/mol. The first-order chi connectivity index (χ1) is 13.7. The van der Waals surface area contributed by atoms with Crippen molar-refractivity contribution in [3.05, 3.63) is 57.1 Å². The number of hydrogen-bond acceptors (Lipinski definition) is 6. The monoisotopic (exact) mass is 486 g/mol. The molecular formula is C17H12Cl3F3N2O5. The fraction of sp³-hybridized carbons (Fsp3) is 0.235. The Morgan fingerprint density at radius 1 is 1.17 bits per heavy atom. The molecule has 0 aromatic heterocycles. The molecular weight excluding hydrogens is 476 g/mol. The lowest BCUT2D eigenvalue weighted by Crippen LogP contribution is -2.32. The van der Waals surface area contributed by atoms with Crippen LogP contribution in [-0.2, 0) is 15.8 Å². The zero-order valence-electron chi connectivity index (χ0n) is 15.2. The largest absolute Gasteiger partial charge is 0.456 e. The first-order valence-electron chi connectivity index (χ1n) is 7.87. The molecule has 0 fully saturated rings. The summed E-state index contributed by atoms with van der Waals surface area (Å²) in [4.78, 5) is 27.3. The van der Waals surface area contributed by atoms with Gasteiger partial charge in [-0.1, -0.05) is 34.8 Å². The maximum atomic E-state index is 12.7. The second-order valence-corrected chi connectivity index (χ2v) is 8.03. The van der Waals surface area contributed by atoms with E-state index in [2.05, 4.69) is 0 Å². The van der Waals surface area contributed by atoms with E-state index in [-0.39, 0.29) is 22.2 Å². The van der Waals surface area contributed by atoms with Crippen LogP contribution in [0.4, 0.5) is 24.5 Å². The maximum Gasteiger partial charge on any atom is 0.416 e. The van der Waals surface area contributed by atoms with Crippen molar-refractivity contribution < 1.29 is 32.5 Å². The Kier molecular flexibility index (Phi) is 6.95. The molecule has 0 aliphatic heterocycles. The molecule has 30 heavy (non-hydrogen) atoms. The Hall–Kier alpha value is -2.43. The Labute approximate surface area is 182 Å². The molecule has 0 bridgehead atoms. The van der Waals surface area contributed by atoms with Crippen LogP contribution in [0, 0.1) is 10.1 Å². The van der Waals surface area contributed by atoms with E-state index < -0.39 is 32.7 Å². The molecule has 0 saturated carbocycles. The lowest BCUT2D eigenvalue weighted by molar-refractivity contribution is -0.384. The van der Waals surface area contributed by atoms with E-state index in [1.807, 2.05) is 0 Å². The van der Waals surface area contributed by atoms with Gasteiger partial charge in [0.25, 0.3) is 5.69 Å². The first-order valence-corrected chi connectivity index (χ1v) is 9.00. The highest BCUT2D eigenvalue weighted by Gasteiger charge is 2.33. The number of anilines is 1. The van der Waals surface area contributed by atoms with Crippen molar-refractivity contribution in [2.24, 2.45) is 0 Å². The Morgan fingerprint density at radius 2 is 1.80 bits per heavy atom. The zero-order chi connectivity index (χ0) is 22.9. The van der Waals surface area contributed by atoms with Crippen molar-refractivity contribution in [2.75, 3.05) is 12.1 Å². The predicted molar refractivity (Wildman–Crippen MR) is 104 cm³/mol. The van der Waals surface area contributed by atoms with Gasteiger partial charge in [-0.15, -0.1) is 0 Å². The van der Waals surface area contributed by atoms with Crippen molar-refractivity contribution in [3.63, 3.8) is 0 Å². The standard InChI is InChI=1S/C17H12Cl3F3N2O5/c1-16(19,20)15(26)30-24(2)13-8-10(4-5-12(13)25(27)28)29-14-6-3-9(7-11(14)18)17(21,22)23/h3-8H,1-2H3. The minimum Gasteiger partial charge on any atom is -0.456 e. The van der Waals surface area contributed by atoms with Crippen LogP contribution >= 0.6 is 34.8 Å². The molecule has 0 aliphatic carbocycles. The summed E-state index contributed by atoms with van der Waals surface area (Å²) < 4.78 is 41.8. The molecule has 13 heteroatoms. The topological polar surface area (TPSA) is 81.9 Å². The van der Waals surface area contributed by atoms with Gasteiger partial charge in [0.05, 0.1) is 15.5 Å². The van der Waals surface area contributed by atoms with Crippen molar-refractivity contribution in [2.45, 2.75) is 17.4 Å². The normalized spacial score (nSPS) is 11.7. The van der Waals surface area contributed by atoms with Gasteiger partial charge >= 0.3 is 12.1 Å².